The fourth-order valence-electron chi connectivity index (χ4n) is 1.47. The molecule has 17 heavy (non-hydrogen) atoms. The van der Waals surface area contributed by atoms with Crippen molar-refractivity contribution >= 4 is 23.5 Å². The molecule has 86 valence electrons. The van der Waals surface area contributed by atoms with E-state index in [1.54, 1.807) is 12.1 Å². The molecule has 0 saturated heterocycles. The Bertz CT molecular complexity index is 549. The van der Waals surface area contributed by atoms with Crippen LogP contribution < -0.4 is 0 Å². The summed E-state index contributed by atoms with van der Waals surface area (Å²) in [5.74, 6) is 0. The molecule has 0 heterocycles. The molecule has 0 saturated carbocycles. The average molecular weight is 246 g/mol. The molecular formula is C14H12ClNO. The second-order valence-electron chi connectivity index (χ2n) is 3.80. The van der Waals surface area contributed by atoms with Crippen LogP contribution in [0.25, 0.3) is 0 Å². The molecule has 0 amide bonds. The maximum absolute atomic E-state index is 11.9. The minimum Gasteiger partial charge on any atom is -0.618 e. The van der Waals surface area contributed by atoms with E-state index >= 15 is 0 Å². The summed E-state index contributed by atoms with van der Waals surface area (Å²) in [6.07, 6.45) is 1.53. The van der Waals surface area contributed by atoms with Crippen LogP contribution in [0.1, 0.15) is 11.1 Å². The summed E-state index contributed by atoms with van der Waals surface area (Å²) in [5, 5.41) is 12.5. The van der Waals surface area contributed by atoms with Crippen molar-refractivity contribution in [1.82, 2.24) is 0 Å². The Hall–Kier alpha value is -1.80. The minimum absolute atomic E-state index is 0.532. The first-order valence-corrected chi connectivity index (χ1v) is 5.67. The summed E-state index contributed by atoms with van der Waals surface area (Å²) in [5.41, 5.74) is 2.35. The van der Waals surface area contributed by atoms with E-state index in [0.29, 0.717) is 10.7 Å². The lowest BCUT2D eigenvalue weighted by Gasteiger charge is -2.04. The van der Waals surface area contributed by atoms with Crippen LogP contribution >= 0.6 is 11.6 Å². The summed E-state index contributed by atoms with van der Waals surface area (Å²) >= 11 is 5.98. The highest BCUT2D eigenvalue weighted by atomic mass is 35.5. The highest BCUT2D eigenvalue weighted by Crippen LogP contribution is 2.21. The molecule has 0 fully saturated rings. The van der Waals surface area contributed by atoms with Crippen LogP contribution in [0.15, 0.2) is 48.5 Å². The molecule has 3 heteroatoms. The smallest absolute Gasteiger partial charge is 0.217 e. The summed E-state index contributed by atoms with van der Waals surface area (Å²) in [6, 6.07) is 14.7. The molecule has 2 aromatic carbocycles. The van der Waals surface area contributed by atoms with Crippen molar-refractivity contribution < 1.29 is 4.74 Å². The zero-order chi connectivity index (χ0) is 12.3. The predicted octanol–water partition coefficient (Wildman–Crippen LogP) is 3.91. The van der Waals surface area contributed by atoms with Crippen LogP contribution in [0, 0.1) is 12.1 Å². The van der Waals surface area contributed by atoms with E-state index in [1.165, 1.54) is 6.21 Å². The Kier molecular flexibility index (Phi) is 3.45. The lowest BCUT2D eigenvalue weighted by molar-refractivity contribution is -0.354. The number of rotatable bonds is 2. The molecule has 0 aromatic heterocycles. The fourth-order valence-corrected chi connectivity index (χ4v) is 1.64. The van der Waals surface area contributed by atoms with E-state index < -0.39 is 0 Å². The van der Waals surface area contributed by atoms with Gasteiger partial charge in [-0.3, -0.25) is 0 Å². The van der Waals surface area contributed by atoms with E-state index in [-0.39, 0.29) is 0 Å². The second kappa shape index (κ2) is 5.02. The first kappa shape index (κ1) is 11.7. The van der Waals surface area contributed by atoms with Gasteiger partial charge in [0.1, 0.15) is 0 Å². The predicted molar refractivity (Wildman–Crippen MR) is 71.1 cm³/mol. The lowest BCUT2D eigenvalue weighted by Crippen LogP contribution is -1.98. The standard InChI is InChI=1S/C14H12ClNO/c1-11-7-8-13(9-14(11)15)16(17)10-12-5-3-2-4-6-12/h2-10H,1H3. The van der Waals surface area contributed by atoms with Crippen molar-refractivity contribution in [3.05, 3.63) is 69.9 Å². The Morgan fingerprint density at radius 2 is 1.82 bits per heavy atom. The topological polar surface area (TPSA) is 26.1 Å². The van der Waals surface area contributed by atoms with Gasteiger partial charge in [0, 0.05) is 17.7 Å². The van der Waals surface area contributed by atoms with Crippen molar-refractivity contribution in [2.75, 3.05) is 0 Å². The van der Waals surface area contributed by atoms with Crippen molar-refractivity contribution in [3.8, 4) is 0 Å². The molecule has 2 aromatic rings. The molecule has 0 spiro atoms. The van der Waals surface area contributed by atoms with Crippen molar-refractivity contribution in [2.24, 2.45) is 0 Å². The molecule has 0 radical (unpaired) electrons. The summed E-state index contributed by atoms with van der Waals surface area (Å²) in [7, 11) is 0. The zero-order valence-corrected chi connectivity index (χ0v) is 10.2. The Labute approximate surface area is 105 Å². The molecular weight excluding hydrogens is 234 g/mol. The fraction of sp³-hybridized carbons (Fsp3) is 0.0714. The van der Waals surface area contributed by atoms with Crippen LogP contribution in [0.3, 0.4) is 0 Å². The van der Waals surface area contributed by atoms with Gasteiger partial charge in [0.2, 0.25) is 5.69 Å². The molecule has 0 aliphatic heterocycles. The van der Waals surface area contributed by atoms with Gasteiger partial charge in [-0.15, -0.1) is 0 Å². The number of halogens is 1. The van der Waals surface area contributed by atoms with Crippen LogP contribution in [-0.4, -0.2) is 11.0 Å². The monoisotopic (exact) mass is 245 g/mol. The maximum Gasteiger partial charge on any atom is 0.217 e. The third kappa shape index (κ3) is 2.86. The van der Waals surface area contributed by atoms with Crippen molar-refractivity contribution in [2.45, 2.75) is 6.92 Å². The van der Waals surface area contributed by atoms with E-state index in [0.717, 1.165) is 15.9 Å². The lowest BCUT2D eigenvalue weighted by atomic mass is 10.2. The summed E-state index contributed by atoms with van der Waals surface area (Å²) in [4.78, 5) is 0. The van der Waals surface area contributed by atoms with E-state index in [2.05, 4.69) is 0 Å². The summed E-state index contributed by atoms with van der Waals surface area (Å²) in [6.45, 7) is 1.90. The largest absolute Gasteiger partial charge is 0.618 e. The molecule has 0 bridgehead atoms. The van der Waals surface area contributed by atoms with Gasteiger partial charge in [0.05, 0.1) is 5.02 Å². The van der Waals surface area contributed by atoms with Crippen LogP contribution in [0.2, 0.25) is 5.02 Å². The van der Waals surface area contributed by atoms with Gasteiger partial charge in [0.15, 0.2) is 6.21 Å². The molecule has 2 rings (SSSR count). The highest BCUT2D eigenvalue weighted by Gasteiger charge is 2.04. The molecule has 0 N–H and O–H groups in total. The SMILES string of the molecule is Cc1ccc([N+]([O-])=Cc2ccccc2)cc1Cl. The van der Waals surface area contributed by atoms with Gasteiger partial charge in [-0.25, -0.2) is 0 Å². The van der Waals surface area contributed by atoms with Gasteiger partial charge >= 0.3 is 0 Å². The molecule has 0 atom stereocenters. The Morgan fingerprint density at radius 1 is 1.12 bits per heavy atom. The van der Waals surface area contributed by atoms with Gasteiger partial charge < -0.3 is 5.21 Å². The normalized spacial score (nSPS) is 11.5. The quantitative estimate of drug-likeness (QED) is 0.341. The van der Waals surface area contributed by atoms with E-state index in [9.17, 15) is 5.21 Å². The van der Waals surface area contributed by atoms with Gasteiger partial charge in [-0.1, -0.05) is 35.9 Å². The van der Waals surface area contributed by atoms with E-state index in [1.807, 2.05) is 43.3 Å². The Morgan fingerprint density at radius 3 is 2.47 bits per heavy atom. The number of benzene rings is 2. The maximum atomic E-state index is 11.9. The number of hydrogen-bond acceptors (Lipinski definition) is 1. The number of hydrogen-bond donors (Lipinski definition) is 0. The molecule has 0 aliphatic rings. The first-order chi connectivity index (χ1) is 8.16. The van der Waals surface area contributed by atoms with Gasteiger partial charge in [0.25, 0.3) is 0 Å². The Balaban J connectivity index is 2.34. The van der Waals surface area contributed by atoms with Crippen molar-refractivity contribution in [1.29, 1.82) is 0 Å². The highest BCUT2D eigenvalue weighted by molar-refractivity contribution is 6.31. The summed E-state index contributed by atoms with van der Waals surface area (Å²) < 4.78 is 0.820. The van der Waals surface area contributed by atoms with Gasteiger partial charge in [-0.2, -0.15) is 4.74 Å². The van der Waals surface area contributed by atoms with Gasteiger partial charge in [-0.05, 0) is 24.6 Å². The van der Waals surface area contributed by atoms with Crippen molar-refractivity contribution in [3.63, 3.8) is 0 Å². The third-order valence-electron chi connectivity index (χ3n) is 2.48. The third-order valence-corrected chi connectivity index (χ3v) is 2.88. The van der Waals surface area contributed by atoms with Crippen LogP contribution in [0.5, 0.6) is 0 Å². The number of aryl methyl sites for hydroxylation is 1. The van der Waals surface area contributed by atoms with Crippen LogP contribution in [0.4, 0.5) is 5.69 Å². The average Bonchev–Trinajstić information content (AvgIpc) is 2.34. The molecule has 0 unspecified atom stereocenters. The zero-order valence-electron chi connectivity index (χ0n) is 9.43. The van der Waals surface area contributed by atoms with Crippen LogP contribution in [-0.2, 0) is 0 Å². The molecule has 0 aliphatic carbocycles. The minimum atomic E-state index is 0.532. The molecule has 2 nitrogen and oxygen atoms in total. The number of nitrogens with zero attached hydrogens (tertiary/aromatic N) is 1. The van der Waals surface area contributed by atoms with E-state index in [4.69, 9.17) is 11.6 Å². The first-order valence-electron chi connectivity index (χ1n) is 5.29. The second-order valence-corrected chi connectivity index (χ2v) is 4.21.